The lowest BCUT2D eigenvalue weighted by Crippen LogP contribution is -2.34. The lowest BCUT2D eigenvalue weighted by molar-refractivity contribution is -0.119. The van der Waals surface area contributed by atoms with Crippen molar-refractivity contribution in [2.24, 2.45) is 0 Å². The number of aliphatic hydroxyl groups is 2. The summed E-state index contributed by atoms with van der Waals surface area (Å²) in [6.45, 7) is 1.34. The number of rotatable bonds is 4. The van der Waals surface area contributed by atoms with Crippen molar-refractivity contribution in [3.8, 4) is 0 Å². The summed E-state index contributed by atoms with van der Waals surface area (Å²) >= 11 is 0. The van der Waals surface area contributed by atoms with Crippen LogP contribution < -0.4 is 5.32 Å². The number of fused-ring (bicyclic) bond motifs is 1. The number of Topliss-reactive ketones (excluding diaryl/α,β-unsaturated/α-hetero) is 1. The Hall–Kier alpha value is -1.72. The molecule has 102 valence electrons. The normalized spacial score (nSPS) is 16.9. The molecule has 0 heterocycles. The number of benzene rings is 1. The molecule has 0 aliphatic heterocycles. The Kier molecular flexibility index (Phi) is 3.97. The smallest absolute Gasteiger partial charge is 0.216 e. The predicted octanol–water partition coefficient (Wildman–Crippen LogP) is 0.346. The minimum atomic E-state index is -1.08. The topological polar surface area (TPSA) is 86.6 Å². The van der Waals surface area contributed by atoms with Crippen molar-refractivity contribution in [3.63, 3.8) is 0 Å². The first-order chi connectivity index (χ1) is 8.99. The summed E-state index contributed by atoms with van der Waals surface area (Å²) in [6.07, 6.45) is -0.966. The Bertz CT molecular complexity index is 512. The summed E-state index contributed by atoms with van der Waals surface area (Å²) in [6, 6.07) is 5.08. The van der Waals surface area contributed by atoms with Crippen LogP contribution in [-0.4, -0.2) is 34.6 Å². The summed E-state index contributed by atoms with van der Waals surface area (Å²) in [5.74, 6) is -0.138. The van der Waals surface area contributed by atoms with Crippen molar-refractivity contribution in [2.75, 3.05) is 6.54 Å². The molecule has 0 saturated heterocycles. The quantitative estimate of drug-likeness (QED) is 0.731. The molecular weight excluding hydrogens is 246 g/mol. The van der Waals surface area contributed by atoms with Gasteiger partial charge in [0.15, 0.2) is 5.78 Å². The summed E-state index contributed by atoms with van der Waals surface area (Å²) in [7, 11) is 0. The van der Waals surface area contributed by atoms with E-state index >= 15 is 0 Å². The standard InChI is InChI=1S/C14H17NO4/c1-8(16)15-7-13(18)14(19)10-2-4-11-9(6-10)3-5-12(11)17/h2,4,6,13-14,18-19H,3,5,7H2,1H3,(H,15,16). The van der Waals surface area contributed by atoms with Crippen LogP contribution in [0.2, 0.25) is 0 Å². The van der Waals surface area contributed by atoms with E-state index in [2.05, 4.69) is 5.32 Å². The van der Waals surface area contributed by atoms with Crippen molar-refractivity contribution in [1.82, 2.24) is 5.32 Å². The minimum absolute atomic E-state index is 0.00743. The van der Waals surface area contributed by atoms with Crippen LogP contribution >= 0.6 is 0 Å². The van der Waals surface area contributed by atoms with Gasteiger partial charge in [-0.25, -0.2) is 0 Å². The SMILES string of the molecule is CC(=O)NCC(O)C(O)c1ccc2c(c1)CCC2=O. The molecule has 0 bridgehead atoms. The fourth-order valence-corrected chi connectivity index (χ4v) is 2.24. The molecule has 2 atom stereocenters. The molecule has 2 rings (SSSR count). The van der Waals surface area contributed by atoms with E-state index in [0.29, 0.717) is 24.0 Å². The van der Waals surface area contributed by atoms with Gasteiger partial charge in [0.05, 0.1) is 0 Å². The Morgan fingerprint density at radius 1 is 1.37 bits per heavy atom. The highest BCUT2D eigenvalue weighted by Crippen LogP contribution is 2.26. The molecule has 0 radical (unpaired) electrons. The van der Waals surface area contributed by atoms with E-state index in [-0.39, 0.29) is 18.2 Å². The Balaban J connectivity index is 2.09. The zero-order valence-electron chi connectivity index (χ0n) is 10.7. The highest BCUT2D eigenvalue weighted by Gasteiger charge is 2.23. The third-order valence-corrected chi connectivity index (χ3v) is 3.32. The maximum atomic E-state index is 11.5. The first-order valence-corrected chi connectivity index (χ1v) is 6.25. The molecule has 1 amide bonds. The summed E-state index contributed by atoms with van der Waals surface area (Å²) in [4.78, 5) is 22.3. The van der Waals surface area contributed by atoms with Gasteiger partial charge < -0.3 is 15.5 Å². The third kappa shape index (κ3) is 3.00. The molecule has 19 heavy (non-hydrogen) atoms. The second-order valence-corrected chi connectivity index (χ2v) is 4.79. The molecule has 1 aliphatic carbocycles. The fourth-order valence-electron chi connectivity index (χ4n) is 2.24. The number of amides is 1. The average molecular weight is 263 g/mol. The molecule has 0 aromatic heterocycles. The van der Waals surface area contributed by atoms with Crippen LogP contribution in [0.1, 0.15) is 40.9 Å². The molecule has 3 N–H and O–H groups in total. The second kappa shape index (κ2) is 5.50. The molecule has 2 unspecified atom stereocenters. The molecule has 1 aliphatic rings. The van der Waals surface area contributed by atoms with Crippen LogP contribution in [-0.2, 0) is 11.2 Å². The summed E-state index contributed by atoms with van der Waals surface area (Å²) in [5.41, 5.74) is 2.17. The van der Waals surface area contributed by atoms with Gasteiger partial charge in [0.2, 0.25) is 5.91 Å². The number of nitrogens with one attached hydrogen (secondary N) is 1. The minimum Gasteiger partial charge on any atom is -0.388 e. The van der Waals surface area contributed by atoms with E-state index in [1.807, 2.05) is 0 Å². The van der Waals surface area contributed by atoms with E-state index in [0.717, 1.165) is 5.56 Å². The van der Waals surface area contributed by atoms with Gasteiger partial charge in [-0.15, -0.1) is 0 Å². The first kappa shape index (κ1) is 13.7. The molecule has 5 nitrogen and oxygen atoms in total. The average Bonchev–Trinajstić information content (AvgIpc) is 2.76. The molecule has 5 heteroatoms. The van der Waals surface area contributed by atoms with Crippen LogP contribution in [0.25, 0.3) is 0 Å². The Morgan fingerprint density at radius 2 is 2.11 bits per heavy atom. The third-order valence-electron chi connectivity index (χ3n) is 3.32. The molecule has 0 fully saturated rings. The van der Waals surface area contributed by atoms with Gasteiger partial charge in [0, 0.05) is 25.5 Å². The van der Waals surface area contributed by atoms with Crippen LogP contribution in [0, 0.1) is 0 Å². The zero-order chi connectivity index (χ0) is 14.0. The molecule has 1 aromatic carbocycles. The van der Waals surface area contributed by atoms with Gasteiger partial charge in [-0.3, -0.25) is 9.59 Å². The van der Waals surface area contributed by atoms with E-state index in [9.17, 15) is 19.8 Å². The fraction of sp³-hybridized carbons (Fsp3) is 0.429. The maximum Gasteiger partial charge on any atom is 0.216 e. The number of hydrogen-bond acceptors (Lipinski definition) is 4. The number of ketones is 1. The van der Waals surface area contributed by atoms with Crippen molar-refractivity contribution in [2.45, 2.75) is 32.0 Å². The van der Waals surface area contributed by atoms with Gasteiger partial charge >= 0.3 is 0 Å². The van der Waals surface area contributed by atoms with Crippen LogP contribution in [0.4, 0.5) is 0 Å². The van der Waals surface area contributed by atoms with Gasteiger partial charge in [0.1, 0.15) is 12.2 Å². The van der Waals surface area contributed by atoms with Crippen LogP contribution in [0.15, 0.2) is 18.2 Å². The molecule has 0 spiro atoms. The lowest BCUT2D eigenvalue weighted by atomic mass is 9.99. The van der Waals surface area contributed by atoms with Crippen molar-refractivity contribution < 1.29 is 19.8 Å². The highest BCUT2D eigenvalue weighted by molar-refractivity contribution is 6.00. The highest BCUT2D eigenvalue weighted by atomic mass is 16.3. The van der Waals surface area contributed by atoms with Gasteiger partial charge in [-0.1, -0.05) is 18.2 Å². The molecule has 1 aromatic rings. The number of carbonyl (C=O) groups is 2. The van der Waals surface area contributed by atoms with Crippen molar-refractivity contribution in [3.05, 3.63) is 34.9 Å². The molecular formula is C14H17NO4. The van der Waals surface area contributed by atoms with Gasteiger partial charge in [-0.2, -0.15) is 0 Å². The Labute approximate surface area is 111 Å². The van der Waals surface area contributed by atoms with E-state index < -0.39 is 12.2 Å². The number of aryl methyl sites for hydroxylation is 1. The van der Waals surface area contributed by atoms with Gasteiger partial charge in [-0.05, 0) is 17.5 Å². The second-order valence-electron chi connectivity index (χ2n) is 4.79. The molecule has 0 saturated carbocycles. The first-order valence-electron chi connectivity index (χ1n) is 6.25. The van der Waals surface area contributed by atoms with E-state index in [1.165, 1.54) is 6.92 Å². The predicted molar refractivity (Wildman–Crippen MR) is 68.7 cm³/mol. The van der Waals surface area contributed by atoms with Crippen LogP contribution in [0.5, 0.6) is 0 Å². The monoisotopic (exact) mass is 263 g/mol. The van der Waals surface area contributed by atoms with Crippen molar-refractivity contribution >= 4 is 11.7 Å². The van der Waals surface area contributed by atoms with Crippen LogP contribution in [0.3, 0.4) is 0 Å². The van der Waals surface area contributed by atoms with Gasteiger partial charge in [0.25, 0.3) is 0 Å². The zero-order valence-corrected chi connectivity index (χ0v) is 10.7. The van der Waals surface area contributed by atoms with E-state index in [1.54, 1.807) is 18.2 Å². The van der Waals surface area contributed by atoms with E-state index in [4.69, 9.17) is 0 Å². The Morgan fingerprint density at radius 3 is 2.79 bits per heavy atom. The lowest BCUT2D eigenvalue weighted by Gasteiger charge is -2.19. The summed E-state index contributed by atoms with van der Waals surface area (Å²) in [5, 5.41) is 22.3. The van der Waals surface area contributed by atoms with Crippen molar-refractivity contribution in [1.29, 1.82) is 0 Å². The number of aliphatic hydroxyl groups excluding tert-OH is 2. The maximum absolute atomic E-state index is 11.5. The largest absolute Gasteiger partial charge is 0.388 e. The number of carbonyl (C=O) groups excluding carboxylic acids is 2. The number of hydrogen-bond donors (Lipinski definition) is 3. The summed E-state index contributed by atoms with van der Waals surface area (Å²) < 4.78 is 0.